The number of amides is 1. The number of aromatic nitrogens is 1. The highest BCUT2D eigenvalue weighted by atomic mass is 16.1. The van der Waals surface area contributed by atoms with Crippen molar-refractivity contribution in [1.82, 2.24) is 20.5 Å². The molecule has 1 atom stereocenters. The zero-order valence-electron chi connectivity index (χ0n) is 18.3. The quantitative estimate of drug-likeness (QED) is 0.467. The van der Waals surface area contributed by atoms with Crippen LogP contribution in [0, 0.1) is 18.3 Å². The number of hydrogen-bond acceptors (Lipinski definition) is 5. The summed E-state index contributed by atoms with van der Waals surface area (Å²) >= 11 is 0. The van der Waals surface area contributed by atoms with Gasteiger partial charge in [-0.25, -0.2) is 0 Å². The summed E-state index contributed by atoms with van der Waals surface area (Å²) in [7, 11) is 3.95. The number of pyridine rings is 1. The van der Waals surface area contributed by atoms with Crippen molar-refractivity contribution in [2.75, 3.05) is 27.2 Å². The second-order valence-electron chi connectivity index (χ2n) is 7.48. The minimum Gasteiger partial charge on any atom is -0.381 e. The van der Waals surface area contributed by atoms with Crippen molar-refractivity contribution in [1.29, 1.82) is 5.26 Å². The predicted octanol–water partition coefficient (Wildman–Crippen LogP) is 3.43. The number of carbonyl (C=O) groups excluding carboxylic acids is 1. The van der Waals surface area contributed by atoms with Crippen LogP contribution in [0.4, 0.5) is 0 Å². The van der Waals surface area contributed by atoms with Crippen LogP contribution in [0.2, 0.25) is 0 Å². The second kappa shape index (κ2) is 11.7. The summed E-state index contributed by atoms with van der Waals surface area (Å²) in [6.07, 6.45) is 1.71. The molecule has 2 aromatic rings. The summed E-state index contributed by atoms with van der Waals surface area (Å²) in [5.41, 5.74) is 2.95. The Balaban J connectivity index is 2.38. The smallest absolute Gasteiger partial charge is 0.264 e. The van der Waals surface area contributed by atoms with E-state index in [-0.39, 0.29) is 11.6 Å². The molecule has 1 amide bonds. The molecular formula is C24H31N5O. The number of nitrogens with zero attached hydrogens (tertiary/aromatic N) is 3. The van der Waals surface area contributed by atoms with Gasteiger partial charge in [0.1, 0.15) is 11.6 Å². The summed E-state index contributed by atoms with van der Waals surface area (Å²) in [5, 5.41) is 16.2. The monoisotopic (exact) mass is 405 g/mol. The normalized spacial score (nSPS) is 12.7. The molecule has 158 valence electrons. The molecule has 30 heavy (non-hydrogen) atoms. The van der Waals surface area contributed by atoms with Crippen LogP contribution in [0.1, 0.15) is 42.8 Å². The first-order chi connectivity index (χ1) is 14.5. The van der Waals surface area contributed by atoms with Crippen LogP contribution in [0.15, 0.2) is 54.1 Å². The molecule has 1 aromatic carbocycles. The molecule has 0 spiro atoms. The van der Waals surface area contributed by atoms with E-state index in [0.29, 0.717) is 17.9 Å². The minimum atomic E-state index is -0.393. The molecule has 2 rings (SSSR count). The fraction of sp³-hybridized carbons (Fsp3) is 0.375. The minimum absolute atomic E-state index is 0.0453. The van der Waals surface area contributed by atoms with Gasteiger partial charge in [-0.3, -0.25) is 9.78 Å². The van der Waals surface area contributed by atoms with Crippen molar-refractivity contribution in [3.8, 4) is 6.07 Å². The van der Waals surface area contributed by atoms with Crippen LogP contribution >= 0.6 is 0 Å². The summed E-state index contributed by atoms with van der Waals surface area (Å²) in [6.45, 7) is 5.32. The summed E-state index contributed by atoms with van der Waals surface area (Å²) < 4.78 is 0. The standard InChI is InChI=1S/C24H31N5O/c1-5-10-21(19-12-7-6-8-13-19)28-24(30)20(17-25)23(26-15-16-29(3)4)22-14-9-11-18(2)27-22/h6-9,11-14,21,26H,5,10,15-16H2,1-4H3,(H,28,30)/b23-20-. The Morgan fingerprint density at radius 3 is 2.50 bits per heavy atom. The van der Waals surface area contributed by atoms with Crippen molar-refractivity contribution in [2.45, 2.75) is 32.7 Å². The van der Waals surface area contributed by atoms with Gasteiger partial charge in [0.25, 0.3) is 5.91 Å². The van der Waals surface area contributed by atoms with Gasteiger partial charge in [-0.15, -0.1) is 0 Å². The topological polar surface area (TPSA) is 81.0 Å². The fourth-order valence-corrected chi connectivity index (χ4v) is 3.14. The van der Waals surface area contributed by atoms with Crippen LogP contribution < -0.4 is 10.6 Å². The van der Waals surface area contributed by atoms with Gasteiger partial charge >= 0.3 is 0 Å². The molecular weight excluding hydrogens is 374 g/mol. The number of likely N-dealkylation sites (N-methyl/N-ethyl adjacent to an activating group) is 1. The lowest BCUT2D eigenvalue weighted by Gasteiger charge is -2.20. The average Bonchev–Trinajstić information content (AvgIpc) is 2.73. The van der Waals surface area contributed by atoms with Gasteiger partial charge in [0.15, 0.2) is 0 Å². The molecule has 1 unspecified atom stereocenters. The molecule has 0 saturated heterocycles. The van der Waals surface area contributed by atoms with E-state index in [1.807, 2.05) is 74.4 Å². The second-order valence-corrected chi connectivity index (χ2v) is 7.48. The number of nitrogens with one attached hydrogen (secondary N) is 2. The van der Waals surface area contributed by atoms with Crippen LogP contribution in [0.5, 0.6) is 0 Å². The van der Waals surface area contributed by atoms with Gasteiger partial charge in [-0.2, -0.15) is 5.26 Å². The fourth-order valence-electron chi connectivity index (χ4n) is 3.14. The maximum atomic E-state index is 13.2. The van der Waals surface area contributed by atoms with E-state index in [1.165, 1.54) is 0 Å². The lowest BCUT2D eigenvalue weighted by atomic mass is 10.0. The Kier molecular flexibility index (Phi) is 9.04. The van der Waals surface area contributed by atoms with Crippen LogP contribution in [-0.4, -0.2) is 43.0 Å². The molecule has 6 nitrogen and oxygen atoms in total. The Hall–Kier alpha value is -3.17. The summed E-state index contributed by atoms with van der Waals surface area (Å²) in [5.74, 6) is -0.393. The molecule has 6 heteroatoms. The third kappa shape index (κ3) is 6.71. The Morgan fingerprint density at radius 1 is 1.17 bits per heavy atom. The third-order valence-corrected chi connectivity index (χ3v) is 4.68. The summed E-state index contributed by atoms with van der Waals surface area (Å²) in [6, 6.07) is 17.4. The SMILES string of the molecule is CCCC(NC(=O)/C(C#N)=C(\NCCN(C)C)c1cccc(C)n1)c1ccccc1. The van der Waals surface area contributed by atoms with Crippen molar-refractivity contribution in [3.63, 3.8) is 0 Å². The Morgan fingerprint density at radius 2 is 1.90 bits per heavy atom. The summed E-state index contributed by atoms with van der Waals surface area (Å²) in [4.78, 5) is 19.7. The van der Waals surface area contributed by atoms with Crippen LogP contribution in [-0.2, 0) is 4.79 Å². The molecule has 0 bridgehead atoms. The molecule has 0 saturated carbocycles. The highest BCUT2D eigenvalue weighted by Gasteiger charge is 2.21. The van der Waals surface area contributed by atoms with Crippen LogP contribution in [0.25, 0.3) is 5.70 Å². The van der Waals surface area contributed by atoms with E-state index < -0.39 is 5.91 Å². The molecule has 2 N–H and O–H groups in total. The number of carbonyl (C=O) groups is 1. The molecule has 1 heterocycles. The first-order valence-corrected chi connectivity index (χ1v) is 10.3. The van der Waals surface area contributed by atoms with E-state index in [0.717, 1.165) is 30.6 Å². The number of nitriles is 1. The maximum absolute atomic E-state index is 13.2. The van der Waals surface area contributed by atoms with Crippen molar-refractivity contribution in [3.05, 3.63) is 71.1 Å². The highest BCUT2D eigenvalue weighted by molar-refractivity contribution is 6.04. The molecule has 0 aliphatic rings. The van der Waals surface area contributed by atoms with E-state index in [9.17, 15) is 10.1 Å². The lowest BCUT2D eigenvalue weighted by Crippen LogP contribution is -2.33. The number of aryl methyl sites for hydroxylation is 1. The number of rotatable bonds is 10. The zero-order valence-corrected chi connectivity index (χ0v) is 18.3. The van der Waals surface area contributed by atoms with E-state index in [4.69, 9.17) is 0 Å². The average molecular weight is 406 g/mol. The van der Waals surface area contributed by atoms with Gasteiger partial charge in [-0.05, 0) is 45.1 Å². The van der Waals surface area contributed by atoms with Gasteiger partial charge in [0, 0.05) is 18.8 Å². The molecule has 1 aromatic heterocycles. The third-order valence-electron chi connectivity index (χ3n) is 4.68. The van der Waals surface area contributed by atoms with Crippen molar-refractivity contribution < 1.29 is 4.79 Å². The Labute approximate surface area is 179 Å². The maximum Gasteiger partial charge on any atom is 0.264 e. The molecule has 0 radical (unpaired) electrons. The Bertz CT molecular complexity index is 899. The van der Waals surface area contributed by atoms with E-state index in [1.54, 1.807) is 0 Å². The van der Waals surface area contributed by atoms with E-state index >= 15 is 0 Å². The number of benzene rings is 1. The van der Waals surface area contributed by atoms with E-state index in [2.05, 4.69) is 28.6 Å². The molecule has 0 aliphatic heterocycles. The van der Waals surface area contributed by atoms with Gasteiger partial charge in [-0.1, -0.05) is 49.7 Å². The lowest BCUT2D eigenvalue weighted by molar-refractivity contribution is -0.117. The highest BCUT2D eigenvalue weighted by Crippen LogP contribution is 2.20. The molecule has 0 fully saturated rings. The first kappa shape index (κ1) is 23.1. The predicted molar refractivity (Wildman–Crippen MR) is 120 cm³/mol. The molecule has 0 aliphatic carbocycles. The largest absolute Gasteiger partial charge is 0.381 e. The first-order valence-electron chi connectivity index (χ1n) is 10.3. The zero-order chi connectivity index (χ0) is 21.9. The van der Waals surface area contributed by atoms with Gasteiger partial charge in [0.2, 0.25) is 0 Å². The van der Waals surface area contributed by atoms with Gasteiger partial charge < -0.3 is 15.5 Å². The number of hydrogen-bond donors (Lipinski definition) is 2. The van der Waals surface area contributed by atoms with Gasteiger partial charge in [0.05, 0.1) is 17.4 Å². The van der Waals surface area contributed by atoms with Crippen molar-refractivity contribution in [2.24, 2.45) is 0 Å². The van der Waals surface area contributed by atoms with Crippen LogP contribution in [0.3, 0.4) is 0 Å². The van der Waals surface area contributed by atoms with Crippen molar-refractivity contribution >= 4 is 11.6 Å².